The molecule has 1 amide bonds. The minimum absolute atomic E-state index is 0.0777. The molecule has 3 rings (SSSR count). The zero-order valence-electron chi connectivity index (χ0n) is 15.4. The van der Waals surface area contributed by atoms with E-state index in [4.69, 9.17) is 0 Å². The van der Waals surface area contributed by atoms with E-state index < -0.39 is 0 Å². The van der Waals surface area contributed by atoms with E-state index in [1.807, 2.05) is 6.20 Å². The van der Waals surface area contributed by atoms with E-state index in [9.17, 15) is 14.0 Å². The Kier molecular flexibility index (Phi) is 6.68. The van der Waals surface area contributed by atoms with Gasteiger partial charge in [-0.3, -0.25) is 14.5 Å². The van der Waals surface area contributed by atoms with Crippen LogP contribution in [0.1, 0.15) is 54.3 Å². The van der Waals surface area contributed by atoms with Crippen LogP contribution in [-0.4, -0.2) is 34.2 Å². The number of aromatic nitrogens is 1. The predicted molar refractivity (Wildman–Crippen MR) is 104 cm³/mol. The number of nitrogens with one attached hydrogen (secondary N) is 1. The summed E-state index contributed by atoms with van der Waals surface area (Å²) in [6.07, 6.45) is 5.72. The summed E-state index contributed by atoms with van der Waals surface area (Å²) >= 11 is 1.48. The van der Waals surface area contributed by atoms with E-state index in [0.717, 1.165) is 18.0 Å². The second kappa shape index (κ2) is 9.19. The number of carbonyl (C=O) groups is 2. The molecule has 27 heavy (non-hydrogen) atoms. The van der Waals surface area contributed by atoms with E-state index in [0.29, 0.717) is 16.7 Å². The molecule has 144 valence electrons. The predicted octanol–water partition coefficient (Wildman–Crippen LogP) is 4.26. The number of Topliss-reactive ketones (excluding diaryl/α,β-unsaturated/α-hetero) is 1. The lowest BCUT2D eigenvalue weighted by atomic mass is 10.0. The SMILES string of the molecule is CC1CCCCN1Cc1cnc(NC(=O)CCC(=O)c2ccc(F)cc2)s1. The average molecular weight is 389 g/mol. The fourth-order valence-electron chi connectivity index (χ4n) is 3.22. The maximum Gasteiger partial charge on any atom is 0.226 e. The average Bonchev–Trinajstić information content (AvgIpc) is 3.09. The number of benzene rings is 1. The lowest BCUT2D eigenvalue weighted by Gasteiger charge is -2.32. The van der Waals surface area contributed by atoms with Crippen molar-refractivity contribution >= 4 is 28.2 Å². The number of amides is 1. The van der Waals surface area contributed by atoms with Gasteiger partial charge >= 0.3 is 0 Å². The number of nitrogens with zero attached hydrogens (tertiary/aromatic N) is 2. The standard InChI is InChI=1S/C20H24FN3O2S/c1-14-4-2-3-11-24(14)13-17-12-22-20(27-17)23-19(26)10-9-18(25)15-5-7-16(21)8-6-15/h5-8,12,14H,2-4,9-11,13H2,1H3,(H,22,23,26). The van der Waals surface area contributed by atoms with Gasteiger partial charge in [-0.15, -0.1) is 11.3 Å². The minimum Gasteiger partial charge on any atom is -0.302 e. The molecule has 2 aromatic rings. The number of thiazole rings is 1. The molecule has 5 nitrogen and oxygen atoms in total. The number of piperidine rings is 1. The summed E-state index contributed by atoms with van der Waals surface area (Å²) < 4.78 is 12.9. The molecule has 1 aromatic carbocycles. The molecule has 1 N–H and O–H groups in total. The van der Waals surface area contributed by atoms with Crippen molar-refractivity contribution in [1.29, 1.82) is 0 Å². The van der Waals surface area contributed by atoms with Crippen LogP contribution in [0.3, 0.4) is 0 Å². The zero-order valence-corrected chi connectivity index (χ0v) is 16.2. The number of rotatable bonds is 7. The summed E-state index contributed by atoms with van der Waals surface area (Å²) in [7, 11) is 0. The largest absolute Gasteiger partial charge is 0.302 e. The van der Waals surface area contributed by atoms with Crippen LogP contribution in [0.25, 0.3) is 0 Å². The molecule has 0 radical (unpaired) electrons. The first-order chi connectivity index (χ1) is 13.0. The van der Waals surface area contributed by atoms with Crippen LogP contribution in [0.4, 0.5) is 9.52 Å². The molecule has 1 aliphatic rings. The van der Waals surface area contributed by atoms with Crippen molar-refractivity contribution < 1.29 is 14.0 Å². The Labute approximate surface area is 162 Å². The Bertz CT molecular complexity index is 791. The summed E-state index contributed by atoms with van der Waals surface area (Å²) in [5, 5.41) is 3.33. The summed E-state index contributed by atoms with van der Waals surface area (Å²) in [6.45, 7) is 4.21. The second-order valence-corrected chi connectivity index (χ2v) is 8.04. The van der Waals surface area contributed by atoms with Crippen molar-refractivity contribution in [2.75, 3.05) is 11.9 Å². The quantitative estimate of drug-likeness (QED) is 0.719. The van der Waals surface area contributed by atoms with Gasteiger partial charge in [0.15, 0.2) is 10.9 Å². The van der Waals surface area contributed by atoms with Gasteiger partial charge in [0, 0.05) is 42.1 Å². The van der Waals surface area contributed by atoms with Gasteiger partial charge in [-0.25, -0.2) is 9.37 Å². The van der Waals surface area contributed by atoms with Crippen LogP contribution in [-0.2, 0) is 11.3 Å². The highest BCUT2D eigenvalue weighted by atomic mass is 32.1. The number of likely N-dealkylation sites (tertiary alicyclic amines) is 1. The van der Waals surface area contributed by atoms with Gasteiger partial charge in [0.1, 0.15) is 5.82 Å². The van der Waals surface area contributed by atoms with E-state index in [2.05, 4.69) is 22.1 Å². The maximum absolute atomic E-state index is 12.9. The van der Waals surface area contributed by atoms with Crippen LogP contribution >= 0.6 is 11.3 Å². The van der Waals surface area contributed by atoms with Crippen molar-refractivity contribution in [2.24, 2.45) is 0 Å². The third-order valence-electron chi connectivity index (χ3n) is 4.84. The zero-order chi connectivity index (χ0) is 19.2. The van der Waals surface area contributed by atoms with Gasteiger partial charge < -0.3 is 5.32 Å². The molecule has 1 saturated heterocycles. The van der Waals surface area contributed by atoms with E-state index >= 15 is 0 Å². The van der Waals surface area contributed by atoms with Gasteiger partial charge in [-0.2, -0.15) is 0 Å². The number of hydrogen-bond acceptors (Lipinski definition) is 5. The summed E-state index contributed by atoms with van der Waals surface area (Å²) in [4.78, 5) is 32.0. The van der Waals surface area contributed by atoms with E-state index in [1.165, 1.54) is 54.9 Å². The van der Waals surface area contributed by atoms with E-state index in [1.54, 1.807) is 0 Å². The molecule has 7 heteroatoms. The van der Waals surface area contributed by atoms with Crippen LogP contribution in [0.5, 0.6) is 0 Å². The Hall–Kier alpha value is -2.12. The normalized spacial score (nSPS) is 17.6. The van der Waals surface area contributed by atoms with Gasteiger partial charge in [0.25, 0.3) is 0 Å². The van der Waals surface area contributed by atoms with Crippen molar-refractivity contribution in [1.82, 2.24) is 9.88 Å². The molecule has 0 saturated carbocycles. The molecule has 1 aliphatic heterocycles. The maximum atomic E-state index is 12.9. The Morgan fingerprint density at radius 1 is 1.26 bits per heavy atom. The van der Waals surface area contributed by atoms with Crippen molar-refractivity contribution in [2.45, 2.75) is 51.6 Å². The first kappa shape index (κ1) is 19.6. The number of ketones is 1. The first-order valence-electron chi connectivity index (χ1n) is 9.28. The number of halogens is 1. The smallest absolute Gasteiger partial charge is 0.226 e. The molecule has 1 unspecified atom stereocenters. The van der Waals surface area contributed by atoms with E-state index in [-0.39, 0.29) is 30.3 Å². The highest BCUT2D eigenvalue weighted by Gasteiger charge is 2.19. The third-order valence-corrected chi connectivity index (χ3v) is 5.74. The first-order valence-corrected chi connectivity index (χ1v) is 10.1. The molecule has 0 spiro atoms. The van der Waals surface area contributed by atoms with Crippen molar-refractivity contribution in [3.63, 3.8) is 0 Å². The van der Waals surface area contributed by atoms with Crippen molar-refractivity contribution in [3.8, 4) is 0 Å². The molecule has 1 fully saturated rings. The summed E-state index contributed by atoms with van der Waals surface area (Å²) in [5.74, 6) is -0.801. The Balaban J connectivity index is 1.46. The molecule has 1 aromatic heterocycles. The highest BCUT2D eigenvalue weighted by Crippen LogP contribution is 2.24. The Morgan fingerprint density at radius 3 is 2.78 bits per heavy atom. The fourth-order valence-corrected chi connectivity index (χ4v) is 4.07. The molecule has 2 heterocycles. The lowest BCUT2D eigenvalue weighted by Crippen LogP contribution is -2.36. The summed E-state index contributed by atoms with van der Waals surface area (Å²) in [6, 6.07) is 5.94. The number of anilines is 1. The van der Waals surface area contributed by atoms with Gasteiger partial charge in [0.2, 0.25) is 5.91 Å². The van der Waals surface area contributed by atoms with Crippen LogP contribution < -0.4 is 5.32 Å². The summed E-state index contributed by atoms with van der Waals surface area (Å²) in [5.41, 5.74) is 0.413. The number of carbonyl (C=O) groups excluding carboxylic acids is 2. The van der Waals surface area contributed by atoms with Crippen molar-refractivity contribution in [3.05, 3.63) is 46.7 Å². The Morgan fingerprint density at radius 2 is 2.04 bits per heavy atom. The molecule has 0 bridgehead atoms. The molecule has 0 aliphatic carbocycles. The van der Waals surface area contributed by atoms with Crippen LogP contribution in [0.2, 0.25) is 0 Å². The topological polar surface area (TPSA) is 62.3 Å². The van der Waals surface area contributed by atoms with Crippen LogP contribution in [0.15, 0.2) is 30.5 Å². The number of hydrogen-bond donors (Lipinski definition) is 1. The van der Waals surface area contributed by atoms with Crippen LogP contribution in [0, 0.1) is 5.82 Å². The minimum atomic E-state index is -0.386. The molecular formula is C20H24FN3O2S. The second-order valence-electron chi connectivity index (χ2n) is 6.93. The van der Waals surface area contributed by atoms with Gasteiger partial charge in [-0.1, -0.05) is 6.42 Å². The fraction of sp³-hybridized carbons (Fsp3) is 0.450. The molecule has 1 atom stereocenters. The lowest BCUT2D eigenvalue weighted by molar-refractivity contribution is -0.116. The monoisotopic (exact) mass is 389 g/mol. The van der Waals surface area contributed by atoms with Gasteiger partial charge in [-0.05, 0) is 50.6 Å². The molecular weight excluding hydrogens is 365 g/mol. The van der Waals surface area contributed by atoms with Gasteiger partial charge in [0.05, 0.1) is 0 Å². The highest BCUT2D eigenvalue weighted by molar-refractivity contribution is 7.15. The third kappa shape index (κ3) is 5.68.